The number of anilines is 3. The normalized spacial score (nSPS) is 12.1. The predicted molar refractivity (Wildman–Crippen MR) is 109 cm³/mol. The van der Waals surface area contributed by atoms with Gasteiger partial charge in [0, 0.05) is 12.3 Å². The average molecular weight is 402 g/mol. The second kappa shape index (κ2) is 8.95. The van der Waals surface area contributed by atoms with Crippen molar-refractivity contribution in [2.24, 2.45) is 5.92 Å². The van der Waals surface area contributed by atoms with Crippen molar-refractivity contribution in [3.05, 3.63) is 59.5 Å². The molecule has 146 valence electrons. The van der Waals surface area contributed by atoms with Crippen LogP contribution >= 0.6 is 11.6 Å². The lowest BCUT2D eigenvalue weighted by Crippen LogP contribution is -2.30. The van der Waals surface area contributed by atoms with E-state index in [0.29, 0.717) is 28.8 Å². The van der Waals surface area contributed by atoms with E-state index < -0.39 is 5.82 Å². The van der Waals surface area contributed by atoms with Crippen molar-refractivity contribution < 1.29 is 9.50 Å². The second-order valence-corrected chi connectivity index (χ2v) is 7.01. The van der Waals surface area contributed by atoms with Crippen molar-refractivity contribution in [3.63, 3.8) is 0 Å². The molecule has 0 spiro atoms. The van der Waals surface area contributed by atoms with Crippen molar-refractivity contribution in [1.82, 2.24) is 15.0 Å². The molecule has 0 aliphatic rings. The largest absolute Gasteiger partial charge is 0.394 e. The molecule has 0 saturated heterocycles. The van der Waals surface area contributed by atoms with Gasteiger partial charge >= 0.3 is 0 Å². The Bertz CT molecular complexity index is 939. The van der Waals surface area contributed by atoms with Crippen LogP contribution in [0.25, 0.3) is 11.4 Å². The summed E-state index contributed by atoms with van der Waals surface area (Å²) in [5, 5.41) is 16.1. The SMILES string of the molecule is CC(C)[C@@H](CO)Nc1nc(Nc2ccc(F)cc2Cl)cc(-c2ccccn2)n1. The zero-order valence-electron chi connectivity index (χ0n) is 15.5. The van der Waals surface area contributed by atoms with E-state index in [1.165, 1.54) is 18.2 Å². The molecule has 1 aromatic carbocycles. The van der Waals surface area contributed by atoms with E-state index in [0.717, 1.165) is 0 Å². The van der Waals surface area contributed by atoms with Crippen LogP contribution in [0, 0.1) is 11.7 Å². The Labute approximate surface area is 167 Å². The number of benzene rings is 1. The number of halogens is 2. The fraction of sp³-hybridized carbons (Fsp3) is 0.250. The molecular weight excluding hydrogens is 381 g/mol. The molecule has 0 aliphatic carbocycles. The summed E-state index contributed by atoms with van der Waals surface area (Å²) < 4.78 is 13.3. The Morgan fingerprint density at radius 3 is 2.57 bits per heavy atom. The smallest absolute Gasteiger partial charge is 0.225 e. The molecule has 3 aromatic rings. The molecule has 8 heteroatoms. The highest BCUT2D eigenvalue weighted by atomic mass is 35.5. The van der Waals surface area contributed by atoms with Gasteiger partial charge < -0.3 is 15.7 Å². The Hall–Kier alpha value is -2.77. The first-order valence-electron chi connectivity index (χ1n) is 8.86. The highest BCUT2D eigenvalue weighted by Gasteiger charge is 2.16. The highest BCUT2D eigenvalue weighted by molar-refractivity contribution is 6.33. The number of nitrogens with zero attached hydrogens (tertiary/aromatic N) is 3. The monoisotopic (exact) mass is 401 g/mol. The number of aliphatic hydroxyl groups is 1. The third-order valence-electron chi connectivity index (χ3n) is 4.16. The molecule has 1 atom stereocenters. The Morgan fingerprint density at radius 1 is 1.11 bits per heavy atom. The zero-order chi connectivity index (χ0) is 20.1. The number of aromatic nitrogens is 3. The predicted octanol–water partition coefficient (Wildman–Crippen LogP) is 4.50. The van der Waals surface area contributed by atoms with Crippen molar-refractivity contribution >= 4 is 29.1 Å². The maximum atomic E-state index is 13.3. The summed E-state index contributed by atoms with van der Waals surface area (Å²) in [5.74, 6) is 0.566. The Kier molecular flexibility index (Phi) is 6.38. The minimum atomic E-state index is -0.419. The summed E-state index contributed by atoms with van der Waals surface area (Å²) in [5.41, 5.74) is 1.79. The third kappa shape index (κ3) is 4.94. The van der Waals surface area contributed by atoms with E-state index in [2.05, 4.69) is 25.6 Å². The van der Waals surface area contributed by atoms with Gasteiger partial charge in [-0.05, 0) is 36.2 Å². The minimum Gasteiger partial charge on any atom is -0.394 e. The summed E-state index contributed by atoms with van der Waals surface area (Å²) in [6.45, 7) is 3.93. The molecular formula is C20H21ClFN5O. The van der Waals surface area contributed by atoms with Crippen LogP contribution in [0.1, 0.15) is 13.8 Å². The summed E-state index contributed by atoms with van der Waals surface area (Å²) in [6.07, 6.45) is 1.68. The lowest BCUT2D eigenvalue weighted by atomic mass is 10.1. The van der Waals surface area contributed by atoms with Gasteiger partial charge in [0.1, 0.15) is 11.6 Å². The first-order chi connectivity index (χ1) is 13.5. The van der Waals surface area contributed by atoms with Gasteiger partial charge in [-0.1, -0.05) is 31.5 Å². The lowest BCUT2D eigenvalue weighted by Gasteiger charge is -2.20. The molecule has 0 amide bonds. The van der Waals surface area contributed by atoms with Crippen molar-refractivity contribution in [2.45, 2.75) is 19.9 Å². The maximum Gasteiger partial charge on any atom is 0.225 e. The molecule has 3 N–H and O–H groups in total. The first kappa shape index (κ1) is 20.0. The quantitative estimate of drug-likeness (QED) is 0.540. The average Bonchev–Trinajstić information content (AvgIpc) is 2.68. The van der Waals surface area contributed by atoms with Gasteiger partial charge in [0.2, 0.25) is 5.95 Å². The van der Waals surface area contributed by atoms with Gasteiger partial charge in [-0.2, -0.15) is 4.98 Å². The molecule has 0 aliphatic heterocycles. The fourth-order valence-electron chi connectivity index (χ4n) is 2.54. The maximum absolute atomic E-state index is 13.3. The molecule has 3 rings (SSSR count). The molecule has 6 nitrogen and oxygen atoms in total. The fourth-order valence-corrected chi connectivity index (χ4v) is 2.75. The number of hydrogen-bond donors (Lipinski definition) is 3. The molecule has 0 unspecified atom stereocenters. The summed E-state index contributed by atoms with van der Waals surface area (Å²) in [6, 6.07) is 11.1. The van der Waals surface area contributed by atoms with Gasteiger partial charge in [-0.25, -0.2) is 9.37 Å². The molecule has 0 radical (unpaired) electrons. The van der Waals surface area contributed by atoms with Crippen LogP contribution in [0.4, 0.5) is 21.8 Å². The molecule has 28 heavy (non-hydrogen) atoms. The van der Waals surface area contributed by atoms with Crippen LogP contribution in [0.15, 0.2) is 48.7 Å². The van der Waals surface area contributed by atoms with Crippen molar-refractivity contribution in [1.29, 1.82) is 0 Å². The van der Waals surface area contributed by atoms with E-state index in [4.69, 9.17) is 11.6 Å². The second-order valence-electron chi connectivity index (χ2n) is 6.60. The van der Waals surface area contributed by atoms with Crippen LogP contribution in [0.3, 0.4) is 0 Å². The molecule has 2 aromatic heterocycles. The van der Waals surface area contributed by atoms with Crippen LogP contribution in [-0.4, -0.2) is 32.7 Å². The van der Waals surface area contributed by atoms with Crippen LogP contribution in [-0.2, 0) is 0 Å². The molecule has 2 heterocycles. The summed E-state index contributed by atoms with van der Waals surface area (Å²) >= 11 is 6.12. The first-order valence-corrected chi connectivity index (χ1v) is 9.24. The van der Waals surface area contributed by atoms with E-state index >= 15 is 0 Å². The highest BCUT2D eigenvalue weighted by Crippen LogP contribution is 2.28. The van der Waals surface area contributed by atoms with Gasteiger partial charge in [-0.3, -0.25) is 4.98 Å². The van der Waals surface area contributed by atoms with E-state index in [9.17, 15) is 9.50 Å². The van der Waals surface area contributed by atoms with Crippen LogP contribution < -0.4 is 10.6 Å². The van der Waals surface area contributed by atoms with Crippen LogP contribution in [0.2, 0.25) is 5.02 Å². The number of nitrogens with one attached hydrogen (secondary N) is 2. The number of rotatable bonds is 7. The van der Waals surface area contributed by atoms with E-state index in [-0.39, 0.29) is 23.6 Å². The lowest BCUT2D eigenvalue weighted by molar-refractivity contribution is 0.248. The zero-order valence-corrected chi connectivity index (χ0v) is 16.3. The number of hydrogen-bond acceptors (Lipinski definition) is 6. The minimum absolute atomic E-state index is 0.0542. The van der Waals surface area contributed by atoms with Gasteiger partial charge in [0.15, 0.2) is 0 Å². The van der Waals surface area contributed by atoms with Gasteiger partial charge in [0.25, 0.3) is 0 Å². The number of pyridine rings is 1. The topological polar surface area (TPSA) is 83.0 Å². The Morgan fingerprint density at radius 2 is 1.93 bits per heavy atom. The molecule has 0 saturated carbocycles. The van der Waals surface area contributed by atoms with E-state index in [1.807, 2.05) is 32.0 Å². The molecule has 0 bridgehead atoms. The number of aliphatic hydroxyl groups excluding tert-OH is 1. The van der Waals surface area contributed by atoms with Crippen LogP contribution in [0.5, 0.6) is 0 Å². The third-order valence-corrected chi connectivity index (χ3v) is 4.48. The van der Waals surface area contributed by atoms with Gasteiger partial charge in [-0.15, -0.1) is 0 Å². The van der Waals surface area contributed by atoms with Gasteiger partial charge in [0.05, 0.1) is 34.7 Å². The summed E-state index contributed by atoms with van der Waals surface area (Å²) in [7, 11) is 0. The van der Waals surface area contributed by atoms with Crippen molar-refractivity contribution in [3.8, 4) is 11.4 Å². The van der Waals surface area contributed by atoms with Crippen molar-refractivity contribution in [2.75, 3.05) is 17.2 Å². The Balaban J connectivity index is 1.99. The standard InChI is InChI=1S/C20H21ClFN5O/c1-12(2)18(11-28)26-20-25-17(16-5-3-4-8-23-16)10-19(27-20)24-15-7-6-13(22)9-14(15)21/h3-10,12,18,28H,11H2,1-2H3,(H2,24,25,26,27)/t18-/m1/s1. The molecule has 0 fully saturated rings. The summed E-state index contributed by atoms with van der Waals surface area (Å²) in [4.78, 5) is 13.3. The van der Waals surface area contributed by atoms with E-state index in [1.54, 1.807) is 12.3 Å².